The number of hydrogen-bond acceptors (Lipinski definition) is 4. The molecule has 2 aliphatic rings. The first-order valence-electron chi connectivity index (χ1n) is 9.20. The third-order valence-electron chi connectivity index (χ3n) is 5.42. The highest BCUT2D eigenvalue weighted by Crippen LogP contribution is 2.40. The van der Waals surface area contributed by atoms with Gasteiger partial charge in [0.25, 0.3) is 5.91 Å². The van der Waals surface area contributed by atoms with Gasteiger partial charge in [0.15, 0.2) is 6.10 Å². The minimum Gasteiger partial charge on any atom is -0.452 e. The summed E-state index contributed by atoms with van der Waals surface area (Å²) in [4.78, 5) is 36.6. The number of Topliss-reactive ketones (excluding diaryl/α,β-unsaturated/α-hetero) is 1. The fourth-order valence-corrected chi connectivity index (χ4v) is 3.93. The summed E-state index contributed by atoms with van der Waals surface area (Å²) >= 11 is 0. The van der Waals surface area contributed by atoms with Crippen LogP contribution in [0.4, 0.5) is 4.39 Å². The molecule has 1 aromatic carbocycles. The van der Waals surface area contributed by atoms with Crippen molar-refractivity contribution in [1.29, 1.82) is 0 Å². The van der Waals surface area contributed by atoms with Crippen molar-refractivity contribution in [3.05, 3.63) is 35.6 Å². The Hall–Kier alpha value is -2.24. The van der Waals surface area contributed by atoms with Crippen LogP contribution >= 0.6 is 0 Å². The topological polar surface area (TPSA) is 72.5 Å². The van der Waals surface area contributed by atoms with E-state index >= 15 is 0 Å². The molecule has 26 heavy (non-hydrogen) atoms. The van der Waals surface area contributed by atoms with Crippen LogP contribution in [0.15, 0.2) is 24.3 Å². The second-order valence-corrected chi connectivity index (χ2v) is 7.32. The standard InChI is InChI=1S/C20H24FNO4/c1-12(19(24)22-11-13-5-7-17(21)8-6-13)26-20(25)16-9-14-3-2-4-15(10-16)18(14)23/h5-8,12,14-16H,2-4,9-11H2,1H3,(H,22,24)/t12-,14-,15+,16?/m1/s1. The lowest BCUT2D eigenvalue weighted by atomic mass is 9.67. The van der Waals surface area contributed by atoms with Crippen molar-refractivity contribution in [3.8, 4) is 0 Å². The molecular formula is C20H24FNO4. The number of rotatable bonds is 5. The molecule has 0 aliphatic heterocycles. The van der Waals surface area contributed by atoms with E-state index < -0.39 is 12.0 Å². The Kier molecular flexibility index (Phi) is 5.69. The normalized spacial score (nSPS) is 26.1. The monoisotopic (exact) mass is 361 g/mol. The van der Waals surface area contributed by atoms with Crippen molar-refractivity contribution < 1.29 is 23.5 Å². The third kappa shape index (κ3) is 4.29. The van der Waals surface area contributed by atoms with Gasteiger partial charge >= 0.3 is 5.97 Å². The predicted molar refractivity (Wildman–Crippen MR) is 92.4 cm³/mol. The summed E-state index contributed by atoms with van der Waals surface area (Å²) in [5, 5.41) is 2.68. The van der Waals surface area contributed by atoms with Crippen LogP contribution in [0.1, 0.15) is 44.6 Å². The Morgan fingerprint density at radius 1 is 1.19 bits per heavy atom. The number of hydrogen-bond donors (Lipinski definition) is 1. The molecule has 0 saturated heterocycles. The number of ether oxygens (including phenoxy) is 1. The van der Waals surface area contributed by atoms with Gasteiger partial charge < -0.3 is 10.1 Å². The van der Waals surface area contributed by atoms with Gasteiger partial charge in [-0.1, -0.05) is 18.6 Å². The average molecular weight is 361 g/mol. The molecule has 140 valence electrons. The van der Waals surface area contributed by atoms with Crippen molar-refractivity contribution >= 4 is 17.7 Å². The minimum atomic E-state index is -0.902. The molecule has 0 radical (unpaired) electrons. The summed E-state index contributed by atoms with van der Waals surface area (Å²) in [6.07, 6.45) is 2.93. The number of ketones is 1. The van der Waals surface area contributed by atoms with Crippen LogP contribution in [-0.4, -0.2) is 23.8 Å². The maximum atomic E-state index is 12.9. The number of halogens is 1. The van der Waals surface area contributed by atoms with E-state index in [4.69, 9.17) is 4.74 Å². The van der Waals surface area contributed by atoms with E-state index in [-0.39, 0.29) is 36.1 Å². The lowest BCUT2D eigenvalue weighted by Gasteiger charge is -2.36. The van der Waals surface area contributed by atoms with Gasteiger partial charge in [-0.2, -0.15) is 0 Å². The smallest absolute Gasteiger partial charge is 0.309 e. The van der Waals surface area contributed by atoms with E-state index in [0.29, 0.717) is 18.6 Å². The molecule has 1 N–H and O–H groups in total. The molecule has 0 heterocycles. The van der Waals surface area contributed by atoms with E-state index in [9.17, 15) is 18.8 Å². The zero-order chi connectivity index (χ0) is 18.7. The van der Waals surface area contributed by atoms with Crippen molar-refractivity contribution in [3.63, 3.8) is 0 Å². The van der Waals surface area contributed by atoms with Crippen LogP contribution in [-0.2, 0) is 25.7 Å². The summed E-state index contributed by atoms with van der Waals surface area (Å²) in [6, 6.07) is 5.83. The van der Waals surface area contributed by atoms with Crippen LogP contribution in [0.5, 0.6) is 0 Å². The molecule has 2 bridgehead atoms. The first-order chi connectivity index (χ1) is 12.4. The van der Waals surface area contributed by atoms with Crippen LogP contribution in [0.3, 0.4) is 0 Å². The maximum absolute atomic E-state index is 12.9. The quantitative estimate of drug-likeness (QED) is 0.819. The van der Waals surface area contributed by atoms with Crippen molar-refractivity contribution in [2.45, 2.75) is 51.7 Å². The minimum absolute atomic E-state index is 0.0253. The zero-order valence-corrected chi connectivity index (χ0v) is 14.9. The second-order valence-electron chi connectivity index (χ2n) is 7.32. The fraction of sp³-hybridized carbons (Fsp3) is 0.550. The summed E-state index contributed by atoms with van der Waals surface area (Å²) in [7, 11) is 0. The Labute approximate surface area is 152 Å². The molecule has 0 aromatic heterocycles. The molecule has 1 unspecified atom stereocenters. The number of carbonyl (C=O) groups is 3. The molecule has 3 rings (SSSR count). The first-order valence-corrected chi connectivity index (χ1v) is 9.20. The SMILES string of the molecule is C[C@@H](OC(=O)C1C[C@H]2CCC[C@@H](C1)C2=O)C(=O)NCc1ccc(F)cc1. The molecule has 0 spiro atoms. The Morgan fingerprint density at radius 2 is 1.81 bits per heavy atom. The van der Waals surface area contributed by atoms with Gasteiger partial charge in [-0.15, -0.1) is 0 Å². The van der Waals surface area contributed by atoms with E-state index in [2.05, 4.69) is 5.32 Å². The summed E-state index contributed by atoms with van der Waals surface area (Å²) in [5.41, 5.74) is 0.761. The largest absolute Gasteiger partial charge is 0.452 e. The van der Waals surface area contributed by atoms with E-state index in [1.807, 2.05) is 0 Å². The van der Waals surface area contributed by atoms with Crippen molar-refractivity contribution in [2.24, 2.45) is 17.8 Å². The van der Waals surface area contributed by atoms with E-state index in [1.165, 1.54) is 19.1 Å². The number of fused-ring (bicyclic) bond motifs is 2. The van der Waals surface area contributed by atoms with Gasteiger partial charge in [-0.05, 0) is 50.3 Å². The number of nitrogens with one attached hydrogen (secondary N) is 1. The molecule has 2 saturated carbocycles. The van der Waals surface area contributed by atoms with Gasteiger partial charge in [0.1, 0.15) is 11.6 Å². The number of carbonyl (C=O) groups excluding carboxylic acids is 3. The highest BCUT2D eigenvalue weighted by molar-refractivity contribution is 5.88. The predicted octanol–water partition coefficient (Wildman–Crippen LogP) is 2.77. The molecule has 1 aromatic rings. The van der Waals surface area contributed by atoms with E-state index in [0.717, 1.165) is 24.8 Å². The molecule has 2 fully saturated rings. The highest BCUT2D eigenvalue weighted by atomic mass is 19.1. The van der Waals surface area contributed by atoms with Crippen LogP contribution < -0.4 is 5.32 Å². The summed E-state index contributed by atoms with van der Waals surface area (Å²) in [6.45, 7) is 1.77. The second kappa shape index (κ2) is 7.98. The van der Waals surface area contributed by atoms with Gasteiger partial charge in [0.2, 0.25) is 0 Å². The van der Waals surface area contributed by atoms with Gasteiger partial charge in [-0.3, -0.25) is 14.4 Å². The Balaban J connectivity index is 1.48. The Morgan fingerprint density at radius 3 is 2.42 bits per heavy atom. The molecule has 5 nitrogen and oxygen atoms in total. The summed E-state index contributed by atoms with van der Waals surface area (Å²) in [5.74, 6) is -1.17. The fourth-order valence-electron chi connectivity index (χ4n) is 3.93. The van der Waals surface area contributed by atoms with Crippen molar-refractivity contribution in [1.82, 2.24) is 5.32 Å². The van der Waals surface area contributed by atoms with E-state index in [1.54, 1.807) is 12.1 Å². The number of esters is 1. The zero-order valence-electron chi connectivity index (χ0n) is 14.9. The first kappa shape index (κ1) is 18.5. The molecule has 4 atom stereocenters. The molecular weight excluding hydrogens is 337 g/mol. The van der Waals surface area contributed by atoms with Crippen molar-refractivity contribution in [2.75, 3.05) is 0 Å². The third-order valence-corrected chi connectivity index (χ3v) is 5.42. The van der Waals surface area contributed by atoms with Gasteiger partial charge in [0.05, 0.1) is 5.92 Å². The lowest BCUT2D eigenvalue weighted by Crippen LogP contribution is -2.42. The average Bonchev–Trinajstić information content (AvgIpc) is 2.60. The summed E-state index contributed by atoms with van der Waals surface area (Å²) < 4.78 is 18.2. The van der Waals surface area contributed by atoms with Crippen LogP contribution in [0, 0.1) is 23.6 Å². The van der Waals surface area contributed by atoms with Crippen LogP contribution in [0.2, 0.25) is 0 Å². The number of amides is 1. The number of benzene rings is 1. The lowest BCUT2D eigenvalue weighted by molar-refractivity contribution is -0.162. The van der Waals surface area contributed by atoms with Gasteiger partial charge in [-0.25, -0.2) is 4.39 Å². The molecule has 2 aliphatic carbocycles. The molecule has 6 heteroatoms. The van der Waals surface area contributed by atoms with Gasteiger partial charge in [0, 0.05) is 18.4 Å². The molecule has 1 amide bonds. The Bertz CT molecular complexity index is 672. The van der Waals surface area contributed by atoms with Crippen LogP contribution in [0.25, 0.3) is 0 Å². The highest BCUT2D eigenvalue weighted by Gasteiger charge is 2.42. The maximum Gasteiger partial charge on any atom is 0.309 e.